The molecule has 4 heteroatoms. The second-order valence-electron chi connectivity index (χ2n) is 6.73. The zero-order valence-corrected chi connectivity index (χ0v) is 13.8. The third-order valence-electron chi connectivity index (χ3n) is 5.12. The predicted molar refractivity (Wildman–Crippen MR) is 93.4 cm³/mol. The lowest BCUT2D eigenvalue weighted by molar-refractivity contribution is 0.0364. The molecule has 0 aromatic heterocycles. The van der Waals surface area contributed by atoms with Gasteiger partial charge < -0.3 is 20.9 Å². The zero-order chi connectivity index (χ0) is 16.5. The van der Waals surface area contributed by atoms with E-state index in [1.54, 1.807) is 0 Å². The largest absolute Gasteiger partial charge is 0.379 e. The van der Waals surface area contributed by atoms with E-state index >= 15 is 0 Å². The van der Waals surface area contributed by atoms with Gasteiger partial charge in [-0.2, -0.15) is 0 Å². The Hall–Kier alpha value is -1.72. The van der Waals surface area contributed by atoms with Crippen molar-refractivity contribution in [1.29, 1.82) is 0 Å². The second kappa shape index (κ2) is 6.65. The summed E-state index contributed by atoms with van der Waals surface area (Å²) < 4.78 is 11.8. The first-order valence-corrected chi connectivity index (χ1v) is 8.63. The Kier molecular flexibility index (Phi) is 4.37. The molecule has 2 heterocycles. The third kappa shape index (κ3) is 2.98. The monoisotopic (exact) mass is 324 g/mol. The average Bonchev–Trinajstić information content (AvgIpc) is 2.89. The van der Waals surface area contributed by atoms with Crippen molar-refractivity contribution in [2.45, 2.75) is 37.6 Å². The highest BCUT2D eigenvalue weighted by atomic mass is 16.5. The Labute approximate surface area is 142 Å². The molecule has 2 aromatic rings. The van der Waals surface area contributed by atoms with Crippen molar-refractivity contribution in [3.8, 4) is 0 Å². The van der Waals surface area contributed by atoms with Crippen LogP contribution in [-0.2, 0) is 22.5 Å². The van der Waals surface area contributed by atoms with Gasteiger partial charge in [-0.05, 0) is 40.7 Å². The van der Waals surface area contributed by atoms with Crippen molar-refractivity contribution in [3.63, 3.8) is 0 Å². The molecule has 24 heavy (non-hydrogen) atoms. The molecule has 0 saturated carbocycles. The van der Waals surface area contributed by atoms with Crippen LogP contribution in [0, 0.1) is 0 Å². The molecule has 4 nitrogen and oxygen atoms in total. The van der Waals surface area contributed by atoms with E-state index in [1.165, 1.54) is 22.3 Å². The Bertz CT molecular complexity index is 731. The fraction of sp³-hybridized carbons (Fsp3) is 0.400. The molecule has 0 aliphatic carbocycles. The van der Waals surface area contributed by atoms with Gasteiger partial charge in [-0.15, -0.1) is 0 Å². The Morgan fingerprint density at radius 3 is 2.71 bits per heavy atom. The molecule has 3 unspecified atom stereocenters. The maximum atomic E-state index is 6.44. The fourth-order valence-electron chi connectivity index (χ4n) is 3.74. The quantitative estimate of drug-likeness (QED) is 0.846. The molecular formula is C20H24N2O2. The molecule has 0 saturated heterocycles. The van der Waals surface area contributed by atoms with Crippen LogP contribution in [0.25, 0.3) is 0 Å². The first kappa shape index (κ1) is 15.8. The lowest BCUT2D eigenvalue weighted by Crippen LogP contribution is -2.17. The first-order valence-electron chi connectivity index (χ1n) is 8.63. The van der Waals surface area contributed by atoms with Gasteiger partial charge in [0.15, 0.2) is 0 Å². The maximum Gasteiger partial charge on any atom is 0.0847 e. The summed E-state index contributed by atoms with van der Waals surface area (Å²) in [5.41, 5.74) is 18.7. The molecule has 4 rings (SSSR count). The molecule has 2 aromatic carbocycles. The predicted octanol–water partition coefficient (Wildman–Crippen LogP) is 2.92. The van der Waals surface area contributed by atoms with E-state index in [-0.39, 0.29) is 18.2 Å². The summed E-state index contributed by atoms with van der Waals surface area (Å²) in [6.07, 6.45) is 1.69. The highest BCUT2D eigenvalue weighted by molar-refractivity contribution is 5.37. The van der Waals surface area contributed by atoms with Crippen molar-refractivity contribution in [2.75, 3.05) is 13.2 Å². The molecule has 0 amide bonds. The minimum absolute atomic E-state index is 0.00549. The molecule has 126 valence electrons. The molecule has 0 fully saturated rings. The van der Waals surface area contributed by atoms with Gasteiger partial charge in [0.05, 0.1) is 32.0 Å². The van der Waals surface area contributed by atoms with E-state index in [0.29, 0.717) is 13.2 Å². The molecule has 0 bridgehead atoms. The van der Waals surface area contributed by atoms with Crippen molar-refractivity contribution in [3.05, 3.63) is 70.3 Å². The average molecular weight is 324 g/mol. The van der Waals surface area contributed by atoms with E-state index in [0.717, 1.165) is 25.0 Å². The molecule has 0 radical (unpaired) electrons. The number of hydrogen-bond acceptors (Lipinski definition) is 4. The van der Waals surface area contributed by atoms with Gasteiger partial charge in [0, 0.05) is 6.04 Å². The molecule has 0 spiro atoms. The Balaban J connectivity index is 1.63. The number of hydrogen-bond donors (Lipinski definition) is 2. The van der Waals surface area contributed by atoms with Gasteiger partial charge >= 0.3 is 0 Å². The van der Waals surface area contributed by atoms with E-state index in [1.807, 2.05) is 12.1 Å². The summed E-state index contributed by atoms with van der Waals surface area (Å²) in [6.45, 7) is 1.91. The molecule has 2 aliphatic rings. The lowest BCUT2D eigenvalue weighted by atomic mass is 9.92. The van der Waals surface area contributed by atoms with Crippen LogP contribution in [0.5, 0.6) is 0 Å². The summed E-state index contributed by atoms with van der Waals surface area (Å²) in [5, 5.41) is 0. The van der Waals surface area contributed by atoms with Crippen molar-refractivity contribution < 1.29 is 9.47 Å². The number of benzene rings is 2. The summed E-state index contributed by atoms with van der Waals surface area (Å²) in [5.74, 6) is 0. The van der Waals surface area contributed by atoms with E-state index < -0.39 is 0 Å². The van der Waals surface area contributed by atoms with Crippen LogP contribution in [-0.4, -0.2) is 13.2 Å². The number of rotatable bonds is 1. The normalized spacial score (nSPS) is 26.8. The second-order valence-corrected chi connectivity index (χ2v) is 6.73. The summed E-state index contributed by atoms with van der Waals surface area (Å²) in [4.78, 5) is 0. The summed E-state index contributed by atoms with van der Waals surface area (Å²) in [6, 6.07) is 14.7. The number of nitrogens with two attached hydrogens (primary N) is 2. The van der Waals surface area contributed by atoms with E-state index in [9.17, 15) is 0 Å². The van der Waals surface area contributed by atoms with Crippen LogP contribution in [0.2, 0.25) is 0 Å². The standard InChI is InChI=1S/C20H24N2O2/c21-18-10-20(24-11-15-3-1-2-4-16(15)18)14-6-5-13-7-8-23-12-19(22)17(13)9-14/h1-6,9,18-20H,7-8,10-12,21-22H2. The number of fused-ring (bicyclic) bond motifs is 2. The lowest BCUT2D eigenvalue weighted by Gasteiger charge is -2.21. The zero-order valence-electron chi connectivity index (χ0n) is 13.8. The van der Waals surface area contributed by atoms with Gasteiger partial charge in [0.2, 0.25) is 0 Å². The summed E-state index contributed by atoms with van der Waals surface area (Å²) >= 11 is 0. The van der Waals surface area contributed by atoms with E-state index in [4.69, 9.17) is 20.9 Å². The van der Waals surface area contributed by atoms with Crippen LogP contribution < -0.4 is 11.5 Å². The van der Waals surface area contributed by atoms with Crippen molar-refractivity contribution >= 4 is 0 Å². The highest BCUT2D eigenvalue weighted by Crippen LogP contribution is 2.35. The number of ether oxygens (including phenoxy) is 2. The first-order chi connectivity index (χ1) is 11.7. The Morgan fingerprint density at radius 1 is 0.917 bits per heavy atom. The third-order valence-corrected chi connectivity index (χ3v) is 5.12. The van der Waals surface area contributed by atoms with Crippen LogP contribution in [0.4, 0.5) is 0 Å². The van der Waals surface area contributed by atoms with Crippen molar-refractivity contribution in [1.82, 2.24) is 0 Å². The smallest absolute Gasteiger partial charge is 0.0847 e. The molecule has 3 atom stereocenters. The topological polar surface area (TPSA) is 70.5 Å². The van der Waals surface area contributed by atoms with E-state index in [2.05, 4.69) is 30.3 Å². The SMILES string of the molecule is NC1COCCc2ccc(C3CC(N)c4ccccc4CO3)cc21. The van der Waals surface area contributed by atoms with Gasteiger partial charge in [-0.25, -0.2) is 0 Å². The minimum atomic E-state index is -0.0703. The molecule has 2 aliphatic heterocycles. The fourth-order valence-corrected chi connectivity index (χ4v) is 3.74. The minimum Gasteiger partial charge on any atom is -0.379 e. The summed E-state index contributed by atoms with van der Waals surface area (Å²) in [7, 11) is 0. The van der Waals surface area contributed by atoms with Crippen LogP contribution in [0.1, 0.15) is 52.4 Å². The van der Waals surface area contributed by atoms with Crippen LogP contribution in [0.3, 0.4) is 0 Å². The van der Waals surface area contributed by atoms with Gasteiger partial charge in [-0.1, -0.05) is 42.5 Å². The van der Waals surface area contributed by atoms with Gasteiger partial charge in [0.25, 0.3) is 0 Å². The maximum absolute atomic E-state index is 6.44. The van der Waals surface area contributed by atoms with Gasteiger partial charge in [-0.3, -0.25) is 0 Å². The van der Waals surface area contributed by atoms with Crippen LogP contribution in [0.15, 0.2) is 42.5 Å². The van der Waals surface area contributed by atoms with Crippen molar-refractivity contribution in [2.24, 2.45) is 11.5 Å². The van der Waals surface area contributed by atoms with Crippen LogP contribution >= 0.6 is 0 Å². The Morgan fingerprint density at radius 2 is 1.79 bits per heavy atom. The molecule has 4 N–H and O–H groups in total. The highest BCUT2D eigenvalue weighted by Gasteiger charge is 2.25. The molecular weight excluding hydrogens is 300 g/mol. The van der Waals surface area contributed by atoms with Gasteiger partial charge in [0.1, 0.15) is 0 Å².